The summed E-state index contributed by atoms with van der Waals surface area (Å²) in [6, 6.07) is 19.7. The second-order valence-electron chi connectivity index (χ2n) is 7.03. The number of nitrogens with zero attached hydrogens (tertiary/aromatic N) is 5. The molecule has 0 radical (unpaired) electrons. The summed E-state index contributed by atoms with van der Waals surface area (Å²) in [6.45, 7) is -0.0228. The molecule has 29 heavy (non-hydrogen) atoms. The molecule has 7 nitrogen and oxygen atoms in total. The van der Waals surface area contributed by atoms with Gasteiger partial charge in [-0.1, -0.05) is 48.5 Å². The summed E-state index contributed by atoms with van der Waals surface area (Å²) in [5, 5.41) is 4.46. The molecule has 0 aliphatic heterocycles. The summed E-state index contributed by atoms with van der Waals surface area (Å²) >= 11 is 0. The molecule has 7 heteroatoms. The topological polar surface area (TPSA) is 71.3 Å². The van der Waals surface area contributed by atoms with Gasteiger partial charge in [0, 0.05) is 27.6 Å². The lowest BCUT2D eigenvalue weighted by Crippen LogP contribution is -2.38. The lowest BCUT2D eigenvalue weighted by atomic mass is 10.1. The maximum absolute atomic E-state index is 12.8. The molecule has 0 N–H and O–H groups in total. The van der Waals surface area contributed by atoms with Crippen molar-refractivity contribution >= 4 is 11.8 Å². The van der Waals surface area contributed by atoms with Crippen LogP contribution in [0.2, 0.25) is 0 Å². The number of para-hydroxylation sites is 1. The largest absolute Gasteiger partial charge is 0.347 e. The van der Waals surface area contributed by atoms with Crippen LogP contribution in [0.1, 0.15) is 22.0 Å². The van der Waals surface area contributed by atoms with Crippen molar-refractivity contribution in [2.24, 2.45) is 0 Å². The summed E-state index contributed by atoms with van der Waals surface area (Å²) in [7, 11) is 4.89. The zero-order valence-corrected chi connectivity index (χ0v) is 16.9. The molecule has 3 rings (SSSR count). The number of hydrogen-bond acceptors (Lipinski definition) is 4. The molecule has 0 bridgehead atoms. The minimum absolute atomic E-state index is 0.0228. The number of amides is 2. The van der Waals surface area contributed by atoms with Crippen molar-refractivity contribution < 1.29 is 9.59 Å². The first-order valence-electron chi connectivity index (χ1n) is 9.46. The fourth-order valence-corrected chi connectivity index (χ4v) is 2.86. The number of likely N-dealkylation sites (N-methyl/N-ethyl adjacent to an activating group) is 2. The van der Waals surface area contributed by atoms with E-state index in [1.54, 1.807) is 25.8 Å². The van der Waals surface area contributed by atoms with Crippen LogP contribution in [0.3, 0.4) is 0 Å². The number of aryl methyl sites for hydroxylation is 2. The Morgan fingerprint density at radius 1 is 0.897 bits per heavy atom. The van der Waals surface area contributed by atoms with Crippen molar-refractivity contribution in [1.29, 1.82) is 0 Å². The van der Waals surface area contributed by atoms with Crippen molar-refractivity contribution in [1.82, 2.24) is 24.6 Å². The molecular formula is C22H25N5O2. The smallest absolute Gasteiger partial charge is 0.293 e. The van der Waals surface area contributed by atoms with Crippen molar-refractivity contribution in [3.05, 3.63) is 77.9 Å². The standard InChI is InChI=1S/C22H25N5O2/c1-25(2)20(28)16-26(3)22(29)21-23-19(15-14-17-10-6-4-7-11-17)27(24-21)18-12-8-5-9-13-18/h4-13H,14-16H2,1-3H3. The van der Waals surface area contributed by atoms with Gasteiger partial charge in [0.15, 0.2) is 0 Å². The second kappa shape index (κ2) is 9.14. The second-order valence-corrected chi connectivity index (χ2v) is 7.03. The monoisotopic (exact) mass is 391 g/mol. The molecule has 1 heterocycles. The molecule has 0 unspecified atom stereocenters. The predicted octanol–water partition coefficient (Wildman–Crippen LogP) is 2.21. The highest BCUT2D eigenvalue weighted by Crippen LogP contribution is 2.13. The summed E-state index contributed by atoms with van der Waals surface area (Å²) in [5.74, 6) is 0.255. The number of carbonyl (C=O) groups is 2. The molecule has 2 aromatic carbocycles. The first-order chi connectivity index (χ1) is 14.0. The Labute approximate surface area is 170 Å². The molecule has 0 aliphatic carbocycles. The molecule has 0 saturated heterocycles. The van der Waals surface area contributed by atoms with Crippen LogP contribution >= 0.6 is 0 Å². The Morgan fingerprint density at radius 2 is 1.52 bits per heavy atom. The van der Waals surface area contributed by atoms with Crippen LogP contribution in [-0.4, -0.2) is 64.1 Å². The van der Waals surface area contributed by atoms with Crippen molar-refractivity contribution in [2.45, 2.75) is 12.8 Å². The maximum atomic E-state index is 12.8. The van der Waals surface area contributed by atoms with E-state index < -0.39 is 0 Å². The van der Waals surface area contributed by atoms with E-state index in [9.17, 15) is 9.59 Å². The van der Waals surface area contributed by atoms with Gasteiger partial charge >= 0.3 is 0 Å². The molecule has 2 amide bonds. The molecule has 1 aromatic heterocycles. The molecule has 0 atom stereocenters. The van der Waals surface area contributed by atoms with Gasteiger partial charge in [-0.3, -0.25) is 9.59 Å². The van der Waals surface area contributed by atoms with Gasteiger partial charge in [-0.15, -0.1) is 5.10 Å². The zero-order chi connectivity index (χ0) is 20.8. The predicted molar refractivity (Wildman–Crippen MR) is 111 cm³/mol. The Hall–Kier alpha value is -3.48. The van der Waals surface area contributed by atoms with E-state index >= 15 is 0 Å². The zero-order valence-electron chi connectivity index (χ0n) is 16.9. The van der Waals surface area contributed by atoms with Gasteiger partial charge in [-0.05, 0) is 24.1 Å². The van der Waals surface area contributed by atoms with Gasteiger partial charge in [-0.25, -0.2) is 9.67 Å². The van der Waals surface area contributed by atoms with Crippen LogP contribution in [0.15, 0.2) is 60.7 Å². The molecular weight excluding hydrogens is 366 g/mol. The van der Waals surface area contributed by atoms with E-state index in [0.717, 1.165) is 12.1 Å². The molecule has 0 aliphatic rings. The third-order valence-corrected chi connectivity index (χ3v) is 4.56. The van der Waals surface area contributed by atoms with E-state index in [1.165, 1.54) is 15.4 Å². The lowest BCUT2D eigenvalue weighted by Gasteiger charge is -2.17. The van der Waals surface area contributed by atoms with Crippen LogP contribution in [0.25, 0.3) is 5.69 Å². The average Bonchev–Trinajstić information content (AvgIpc) is 3.17. The Bertz CT molecular complexity index is 967. The first-order valence-corrected chi connectivity index (χ1v) is 9.46. The fourth-order valence-electron chi connectivity index (χ4n) is 2.86. The Kier molecular flexibility index (Phi) is 6.39. The average molecular weight is 391 g/mol. The molecule has 0 spiro atoms. The summed E-state index contributed by atoms with van der Waals surface area (Å²) in [5.41, 5.74) is 2.03. The highest BCUT2D eigenvalue weighted by Gasteiger charge is 2.22. The van der Waals surface area contributed by atoms with Gasteiger partial charge < -0.3 is 9.80 Å². The minimum Gasteiger partial charge on any atom is -0.347 e. The van der Waals surface area contributed by atoms with Crippen LogP contribution in [-0.2, 0) is 17.6 Å². The van der Waals surface area contributed by atoms with Crippen molar-refractivity contribution in [3.63, 3.8) is 0 Å². The molecule has 0 saturated carbocycles. The van der Waals surface area contributed by atoms with E-state index in [-0.39, 0.29) is 24.2 Å². The number of rotatable bonds is 7. The number of carbonyl (C=O) groups excluding carboxylic acids is 2. The van der Waals surface area contributed by atoms with E-state index in [0.29, 0.717) is 12.2 Å². The highest BCUT2D eigenvalue weighted by atomic mass is 16.2. The first kappa shape index (κ1) is 20.3. The fraction of sp³-hybridized carbons (Fsp3) is 0.273. The Balaban J connectivity index is 1.85. The summed E-state index contributed by atoms with van der Waals surface area (Å²) < 4.78 is 1.71. The molecule has 3 aromatic rings. The quantitative estimate of drug-likeness (QED) is 0.619. The third-order valence-electron chi connectivity index (χ3n) is 4.56. The Morgan fingerprint density at radius 3 is 2.14 bits per heavy atom. The van der Waals surface area contributed by atoms with Gasteiger partial charge in [0.1, 0.15) is 5.82 Å². The molecule has 150 valence electrons. The number of benzene rings is 2. The molecule has 0 fully saturated rings. The van der Waals surface area contributed by atoms with Crippen LogP contribution in [0, 0.1) is 0 Å². The van der Waals surface area contributed by atoms with E-state index in [2.05, 4.69) is 22.2 Å². The van der Waals surface area contributed by atoms with Crippen LogP contribution < -0.4 is 0 Å². The minimum atomic E-state index is -0.379. The van der Waals surface area contributed by atoms with E-state index in [1.807, 2.05) is 48.5 Å². The maximum Gasteiger partial charge on any atom is 0.293 e. The van der Waals surface area contributed by atoms with Crippen molar-refractivity contribution in [3.8, 4) is 5.69 Å². The van der Waals surface area contributed by atoms with Gasteiger partial charge in [0.2, 0.25) is 11.7 Å². The van der Waals surface area contributed by atoms with Gasteiger partial charge in [0.25, 0.3) is 5.91 Å². The van der Waals surface area contributed by atoms with Crippen LogP contribution in [0.5, 0.6) is 0 Å². The summed E-state index contributed by atoms with van der Waals surface area (Å²) in [4.78, 5) is 32.0. The normalized spacial score (nSPS) is 10.6. The number of hydrogen-bond donors (Lipinski definition) is 0. The number of aromatic nitrogens is 3. The van der Waals surface area contributed by atoms with Gasteiger partial charge in [0.05, 0.1) is 12.2 Å². The SMILES string of the molecule is CN(C)C(=O)CN(C)C(=O)c1nc(CCc2ccccc2)n(-c2ccccc2)n1. The van der Waals surface area contributed by atoms with Crippen LogP contribution in [0.4, 0.5) is 0 Å². The summed E-state index contributed by atoms with van der Waals surface area (Å²) in [6.07, 6.45) is 1.43. The highest BCUT2D eigenvalue weighted by molar-refractivity contribution is 5.93. The van der Waals surface area contributed by atoms with Gasteiger partial charge in [-0.2, -0.15) is 0 Å². The lowest BCUT2D eigenvalue weighted by molar-refractivity contribution is -0.129. The third kappa shape index (κ3) is 5.07. The van der Waals surface area contributed by atoms with Crippen molar-refractivity contribution in [2.75, 3.05) is 27.7 Å². The van der Waals surface area contributed by atoms with E-state index in [4.69, 9.17) is 0 Å².